The zero-order valence-corrected chi connectivity index (χ0v) is 12.7. The molecule has 0 aliphatic carbocycles. The second-order valence-corrected chi connectivity index (χ2v) is 5.24. The van der Waals surface area contributed by atoms with Crippen molar-refractivity contribution >= 4 is 34.2 Å². The van der Waals surface area contributed by atoms with E-state index < -0.39 is 0 Å². The highest BCUT2D eigenvalue weighted by atomic mass is 35.5. The fourth-order valence-corrected chi connectivity index (χ4v) is 2.62. The van der Waals surface area contributed by atoms with Gasteiger partial charge in [-0.25, -0.2) is 4.98 Å². The summed E-state index contributed by atoms with van der Waals surface area (Å²) in [5.74, 6) is 1.51. The average Bonchev–Trinajstić information content (AvgIpc) is 2.71. The minimum absolute atomic E-state index is 0.135. The smallest absolute Gasteiger partial charge is 0.111 e. The van der Waals surface area contributed by atoms with Crippen LogP contribution in [-0.2, 0) is 17.7 Å². The number of rotatable bonds is 6. The van der Waals surface area contributed by atoms with Gasteiger partial charge in [-0.2, -0.15) is 0 Å². The zero-order chi connectivity index (χ0) is 13.8. The van der Waals surface area contributed by atoms with E-state index in [1.165, 1.54) is 0 Å². The average molecular weight is 301 g/mol. The van der Waals surface area contributed by atoms with Crippen LogP contribution in [0.25, 0.3) is 11.0 Å². The van der Waals surface area contributed by atoms with Crippen LogP contribution >= 0.6 is 23.2 Å². The molecule has 0 radical (unpaired) electrons. The van der Waals surface area contributed by atoms with Crippen LogP contribution in [0.4, 0.5) is 0 Å². The lowest BCUT2D eigenvalue weighted by Crippen LogP contribution is -2.18. The molecule has 1 atom stereocenters. The molecule has 3 nitrogen and oxygen atoms in total. The minimum atomic E-state index is 0.135. The molecular weight excluding hydrogens is 283 g/mol. The summed E-state index contributed by atoms with van der Waals surface area (Å²) >= 11 is 12.1. The number of alkyl halides is 1. The summed E-state index contributed by atoms with van der Waals surface area (Å²) in [4.78, 5) is 4.61. The molecule has 1 unspecified atom stereocenters. The molecule has 0 amide bonds. The van der Waals surface area contributed by atoms with Gasteiger partial charge in [0.15, 0.2) is 0 Å². The van der Waals surface area contributed by atoms with E-state index in [9.17, 15) is 0 Å². The zero-order valence-electron chi connectivity index (χ0n) is 11.2. The second kappa shape index (κ2) is 6.60. The summed E-state index contributed by atoms with van der Waals surface area (Å²) in [5, 5.41) is 0.677. The van der Waals surface area contributed by atoms with E-state index in [1.807, 2.05) is 25.1 Å². The maximum atomic E-state index is 6.20. The third-order valence-corrected chi connectivity index (χ3v) is 3.51. The third kappa shape index (κ3) is 3.22. The van der Waals surface area contributed by atoms with Crippen LogP contribution in [0.5, 0.6) is 0 Å². The van der Waals surface area contributed by atoms with Crippen LogP contribution in [0.15, 0.2) is 18.2 Å². The predicted octanol–water partition coefficient (Wildman–Crippen LogP) is 3.90. The summed E-state index contributed by atoms with van der Waals surface area (Å²) in [7, 11) is 0. The number of benzene rings is 1. The topological polar surface area (TPSA) is 27.1 Å². The van der Waals surface area contributed by atoms with Gasteiger partial charge in [-0.05, 0) is 26.0 Å². The van der Waals surface area contributed by atoms with Crippen molar-refractivity contribution in [1.82, 2.24) is 9.55 Å². The summed E-state index contributed by atoms with van der Waals surface area (Å²) in [6, 6.07) is 5.83. The normalized spacial score (nSPS) is 13.1. The van der Waals surface area contributed by atoms with Gasteiger partial charge in [-0.1, -0.05) is 17.7 Å². The lowest BCUT2D eigenvalue weighted by atomic mass is 10.3. The highest BCUT2D eigenvalue weighted by Gasteiger charge is 2.14. The van der Waals surface area contributed by atoms with Crippen molar-refractivity contribution in [2.75, 3.05) is 12.5 Å². The molecule has 0 fully saturated rings. The van der Waals surface area contributed by atoms with Crippen LogP contribution in [0.3, 0.4) is 0 Å². The van der Waals surface area contributed by atoms with Gasteiger partial charge in [-0.15, -0.1) is 11.6 Å². The monoisotopic (exact) mass is 300 g/mol. The highest BCUT2D eigenvalue weighted by molar-refractivity contribution is 6.34. The first-order valence-corrected chi connectivity index (χ1v) is 7.39. The van der Waals surface area contributed by atoms with Crippen molar-refractivity contribution in [2.24, 2.45) is 0 Å². The Labute approximate surface area is 123 Å². The number of aryl methyl sites for hydroxylation is 1. The predicted molar refractivity (Wildman–Crippen MR) is 80.3 cm³/mol. The molecular formula is C14H18Cl2N2O. The van der Waals surface area contributed by atoms with Gasteiger partial charge < -0.3 is 9.30 Å². The minimum Gasteiger partial charge on any atom is -0.377 e. The van der Waals surface area contributed by atoms with Crippen molar-refractivity contribution < 1.29 is 4.74 Å². The van der Waals surface area contributed by atoms with Gasteiger partial charge in [-0.3, -0.25) is 0 Å². The Morgan fingerprint density at radius 3 is 2.89 bits per heavy atom. The number of imidazole rings is 1. The number of ether oxygens (including phenoxy) is 1. The Morgan fingerprint density at radius 1 is 1.42 bits per heavy atom. The molecule has 2 rings (SSSR count). The van der Waals surface area contributed by atoms with Crippen molar-refractivity contribution in [2.45, 2.75) is 32.9 Å². The second-order valence-electron chi connectivity index (χ2n) is 4.45. The Bertz CT molecular complexity index is 554. The first-order valence-electron chi connectivity index (χ1n) is 6.48. The fourth-order valence-electron chi connectivity index (χ4n) is 2.23. The standard InChI is InChI=1S/C14H18Cl2N2O/c1-3-19-10(2)9-18-12-6-4-5-11(16)14(12)17-13(18)7-8-15/h4-6,10H,3,7-9H2,1-2H3. The maximum Gasteiger partial charge on any atom is 0.111 e. The Balaban J connectivity index is 2.43. The maximum absolute atomic E-state index is 6.20. The van der Waals surface area contributed by atoms with Crippen molar-refractivity contribution in [3.63, 3.8) is 0 Å². The lowest BCUT2D eigenvalue weighted by molar-refractivity contribution is 0.0643. The molecule has 0 aliphatic heterocycles. The van der Waals surface area contributed by atoms with Gasteiger partial charge in [0.1, 0.15) is 11.3 Å². The highest BCUT2D eigenvalue weighted by Crippen LogP contribution is 2.24. The van der Waals surface area contributed by atoms with E-state index in [0.29, 0.717) is 17.5 Å². The molecule has 19 heavy (non-hydrogen) atoms. The molecule has 1 aromatic carbocycles. The van der Waals surface area contributed by atoms with Crippen LogP contribution in [-0.4, -0.2) is 28.1 Å². The number of aromatic nitrogens is 2. The Morgan fingerprint density at radius 2 is 2.21 bits per heavy atom. The van der Waals surface area contributed by atoms with E-state index in [1.54, 1.807) is 0 Å². The molecule has 0 spiro atoms. The van der Waals surface area contributed by atoms with Gasteiger partial charge >= 0.3 is 0 Å². The number of para-hydroxylation sites is 1. The summed E-state index contributed by atoms with van der Waals surface area (Å²) in [6.45, 7) is 5.53. The summed E-state index contributed by atoms with van der Waals surface area (Å²) in [6.07, 6.45) is 0.862. The lowest BCUT2D eigenvalue weighted by Gasteiger charge is -2.15. The molecule has 104 valence electrons. The van der Waals surface area contributed by atoms with E-state index >= 15 is 0 Å². The largest absolute Gasteiger partial charge is 0.377 e. The van der Waals surface area contributed by atoms with E-state index in [-0.39, 0.29) is 6.10 Å². The number of halogens is 2. The molecule has 0 aliphatic rings. The van der Waals surface area contributed by atoms with Gasteiger partial charge in [0.25, 0.3) is 0 Å². The fraction of sp³-hybridized carbons (Fsp3) is 0.500. The Kier molecular flexibility index (Phi) is 5.08. The summed E-state index contributed by atoms with van der Waals surface area (Å²) < 4.78 is 7.77. The van der Waals surface area contributed by atoms with Crippen molar-refractivity contribution in [3.8, 4) is 0 Å². The number of nitrogens with zero attached hydrogens (tertiary/aromatic N) is 2. The van der Waals surface area contributed by atoms with Gasteiger partial charge in [0, 0.05) is 18.9 Å². The first kappa shape index (κ1) is 14.6. The van der Waals surface area contributed by atoms with Crippen LogP contribution < -0.4 is 0 Å². The van der Waals surface area contributed by atoms with E-state index in [2.05, 4.69) is 16.5 Å². The molecule has 0 N–H and O–H groups in total. The number of hydrogen-bond donors (Lipinski definition) is 0. The van der Waals surface area contributed by atoms with Crippen molar-refractivity contribution in [3.05, 3.63) is 29.0 Å². The SMILES string of the molecule is CCOC(C)Cn1c(CCCl)nc2c(Cl)cccc21. The molecule has 5 heteroatoms. The molecule has 0 saturated heterocycles. The summed E-state index contributed by atoms with van der Waals surface area (Å²) in [5.41, 5.74) is 1.88. The van der Waals surface area contributed by atoms with Crippen LogP contribution in [0.1, 0.15) is 19.7 Å². The first-order chi connectivity index (χ1) is 9.17. The Hall–Kier alpha value is -0.770. The van der Waals surface area contributed by atoms with Crippen LogP contribution in [0, 0.1) is 0 Å². The van der Waals surface area contributed by atoms with E-state index in [4.69, 9.17) is 27.9 Å². The van der Waals surface area contributed by atoms with E-state index in [0.717, 1.165) is 29.8 Å². The molecule has 1 aromatic heterocycles. The molecule has 1 heterocycles. The molecule has 2 aromatic rings. The van der Waals surface area contributed by atoms with Gasteiger partial charge in [0.2, 0.25) is 0 Å². The molecule has 0 saturated carbocycles. The number of fused-ring (bicyclic) bond motifs is 1. The van der Waals surface area contributed by atoms with Crippen molar-refractivity contribution in [1.29, 1.82) is 0 Å². The third-order valence-electron chi connectivity index (χ3n) is 3.02. The van der Waals surface area contributed by atoms with Crippen LogP contribution in [0.2, 0.25) is 5.02 Å². The quantitative estimate of drug-likeness (QED) is 0.757. The van der Waals surface area contributed by atoms with Gasteiger partial charge in [0.05, 0.1) is 23.2 Å². The number of hydrogen-bond acceptors (Lipinski definition) is 2. The molecule has 0 bridgehead atoms.